The van der Waals surface area contributed by atoms with Crippen LogP contribution in [0.25, 0.3) is 0 Å². The lowest BCUT2D eigenvalue weighted by molar-refractivity contribution is 0.0521. The standard InChI is InChI=1S/C16H21ClO3/c1-2-20-16(19)14-13-8-4-3-6-11(13)10-12(15(14)18)7-5-9-17/h10,18H,2-9H2,1H3. The first-order valence-electron chi connectivity index (χ1n) is 7.28. The minimum absolute atomic E-state index is 0.0919. The molecule has 0 aliphatic heterocycles. The number of fused-ring (bicyclic) bond motifs is 1. The third kappa shape index (κ3) is 3.09. The first-order valence-corrected chi connectivity index (χ1v) is 7.82. The quantitative estimate of drug-likeness (QED) is 0.667. The molecule has 0 aromatic heterocycles. The second-order valence-corrected chi connectivity index (χ2v) is 5.50. The molecule has 0 bridgehead atoms. The van der Waals surface area contributed by atoms with Gasteiger partial charge in [-0.1, -0.05) is 6.07 Å². The van der Waals surface area contributed by atoms with Crippen molar-refractivity contribution < 1.29 is 14.6 Å². The molecule has 1 aromatic carbocycles. The number of alkyl halides is 1. The predicted octanol–water partition coefficient (Wildman–Crippen LogP) is 3.62. The smallest absolute Gasteiger partial charge is 0.342 e. The number of hydrogen-bond acceptors (Lipinski definition) is 3. The van der Waals surface area contributed by atoms with Crippen LogP contribution in [-0.4, -0.2) is 23.6 Å². The lowest BCUT2D eigenvalue weighted by Gasteiger charge is -2.22. The van der Waals surface area contributed by atoms with Gasteiger partial charge in [0.1, 0.15) is 11.3 Å². The Bertz CT molecular complexity index is 497. The van der Waals surface area contributed by atoms with Crippen LogP contribution in [0.15, 0.2) is 6.07 Å². The number of aryl methyl sites for hydroxylation is 2. The zero-order chi connectivity index (χ0) is 14.5. The number of aromatic hydroxyl groups is 1. The van der Waals surface area contributed by atoms with Crippen molar-refractivity contribution in [3.8, 4) is 5.75 Å². The van der Waals surface area contributed by atoms with E-state index in [0.29, 0.717) is 24.5 Å². The fraction of sp³-hybridized carbons (Fsp3) is 0.562. The first kappa shape index (κ1) is 15.2. The van der Waals surface area contributed by atoms with E-state index in [2.05, 4.69) is 0 Å². The summed E-state index contributed by atoms with van der Waals surface area (Å²) in [7, 11) is 0. The normalized spacial score (nSPS) is 13.9. The Balaban J connectivity index is 2.47. The van der Waals surface area contributed by atoms with E-state index in [1.807, 2.05) is 6.07 Å². The maximum Gasteiger partial charge on any atom is 0.342 e. The molecule has 3 nitrogen and oxygen atoms in total. The second kappa shape index (κ2) is 6.98. The highest BCUT2D eigenvalue weighted by molar-refractivity contribution is 6.17. The van der Waals surface area contributed by atoms with Crippen LogP contribution in [-0.2, 0) is 24.0 Å². The Morgan fingerprint density at radius 2 is 2.15 bits per heavy atom. The highest BCUT2D eigenvalue weighted by Gasteiger charge is 2.25. The van der Waals surface area contributed by atoms with E-state index >= 15 is 0 Å². The van der Waals surface area contributed by atoms with Gasteiger partial charge in [-0.25, -0.2) is 4.79 Å². The van der Waals surface area contributed by atoms with E-state index in [1.165, 1.54) is 5.56 Å². The molecule has 0 spiro atoms. The summed E-state index contributed by atoms with van der Waals surface area (Å²) in [6, 6.07) is 2.04. The number of hydrogen-bond donors (Lipinski definition) is 1. The molecule has 0 atom stereocenters. The van der Waals surface area contributed by atoms with Crippen molar-refractivity contribution in [1.29, 1.82) is 0 Å². The highest BCUT2D eigenvalue weighted by Crippen LogP contribution is 2.35. The van der Waals surface area contributed by atoms with Crippen molar-refractivity contribution in [3.63, 3.8) is 0 Å². The number of esters is 1. The maximum absolute atomic E-state index is 12.2. The van der Waals surface area contributed by atoms with Crippen LogP contribution in [0.3, 0.4) is 0 Å². The summed E-state index contributed by atoms with van der Waals surface area (Å²) in [5.74, 6) is 0.232. The van der Waals surface area contributed by atoms with Crippen LogP contribution in [0, 0.1) is 0 Å². The van der Waals surface area contributed by atoms with Gasteiger partial charge in [0.2, 0.25) is 0 Å². The minimum atomic E-state index is -0.407. The molecule has 4 heteroatoms. The van der Waals surface area contributed by atoms with Crippen molar-refractivity contribution in [1.82, 2.24) is 0 Å². The molecule has 0 saturated heterocycles. The average molecular weight is 297 g/mol. The molecule has 0 unspecified atom stereocenters. The summed E-state index contributed by atoms with van der Waals surface area (Å²) < 4.78 is 5.11. The third-order valence-electron chi connectivity index (χ3n) is 3.76. The van der Waals surface area contributed by atoms with Gasteiger partial charge < -0.3 is 9.84 Å². The molecule has 0 amide bonds. The van der Waals surface area contributed by atoms with Gasteiger partial charge in [-0.3, -0.25) is 0 Å². The van der Waals surface area contributed by atoms with Gasteiger partial charge in [-0.15, -0.1) is 11.6 Å². The van der Waals surface area contributed by atoms with Crippen molar-refractivity contribution in [2.75, 3.05) is 12.5 Å². The molecule has 0 heterocycles. The maximum atomic E-state index is 12.2. The number of phenols is 1. The molecule has 1 N–H and O–H groups in total. The van der Waals surface area contributed by atoms with Crippen LogP contribution in [0.5, 0.6) is 5.75 Å². The third-order valence-corrected chi connectivity index (χ3v) is 4.03. The fourth-order valence-corrected chi connectivity index (χ4v) is 2.96. The van der Waals surface area contributed by atoms with Gasteiger partial charge in [0.05, 0.1) is 6.61 Å². The predicted molar refractivity (Wildman–Crippen MR) is 79.7 cm³/mol. The molecular weight excluding hydrogens is 276 g/mol. The number of carbonyl (C=O) groups is 1. The topological polar surface area (TPSA) is 46.5 Å². The Morgan fingerprint density at radius 3 is 2.85 bits per heavy atom. The van der Waals surface area contributed by atoms with E-state index in [1.54, 1.807) is 6.92 Å². The molecule has 0 radical (unpaired) electrons. The van der Waals surface area contributed by atoms with Crippen molar-refractivity contribution >= 4 is 17.6 Å². The molecule has 0 fully saturated rings. The Hall–Kier alpha value is -1.22. The summed E-state index contributed by atoms with van der Waals surface area (Å²) in [6.45, 7) is 2.09. The zero-order valence-corrected chi connectivity index (χ0v) is 12.6. The molecule has 1 aromatic rings. The van der Waals surface area contributed by atoms with E-state index in [4.69, 9.17) is 16.3 Å². The van der Waals surface area contributed by atoms with Gasteiger partial charge >= 0.3 is 5.97 Å². The number of halogens is 1. The largest absolute Gasteiger partial charge is 0.507 e. The number of phenolic OH excluding ortho intramolecular Hbond substituents is 1. The van der Waals surface area contributed by atoms with E-state index in [0.717, 1.165) is 43.2 Å². The molecule has 0 saturated carbocycles. The summed E-state index contributed by atoms with van der Waals surface area (Å²) >= 11 is 5.73. The van der Waals surface area contributed by atoms with Gasteiger partial charge in [0, 0.05) is 5.88 Å². The lowest BCUT2D eigenvalue weighted by Crippen LogP contribution is -2.15. The molecule has 1 aliphatic carbocycles. The highest BCUT2D eigenvalue weighted by atomic mass is 35.5. The van der Waals surface area contributed by atoms with Gasteiger partial charge in [0.25, 0.3) is 0 Å². The molecule has 2 rings (SSSR count). The van der Waals surface area contributed by atoms with E-state index in [-0.39, 0.29) is 5.75 Å². The number of carbonyl (C=O) groups excluding carboxylic acids is 1. The number of rotatable bonds is 5. The summed E-state index contributed by atoms with van der Waals surface area (Å²) in [5.41, 5.74) is 3.35. The van der Waals surface area contributed by atoms with E-state index in [9.17, 15) is 9.90 Å². The van der Waals surface area contributed by atoms with Crippen LogP contribution in [0.1, 0.15) is 53.2 Å². The molecule has 20 heavy (non-hydrogen) atoms. The Morgan fingerprint density at radius 1 is 1.40 bits per heavy atom. The average Bonchev–Trinajstić information content (AvgIpc) is 2.45. The van der Waals surface area contributed by atoms with Crippen LogP contribution < -0.4 is 0 Å². The van der Waals surface area contributed by atoms with Gasteiger partial charge in [0.15, 0.2) is 0 Å². The summed E-state index contributed by atoms with van der Waals surface area (Å²) in [6.07, 6.45) is 5.47. The lowest BCUT2D eigenvalue weighted by atomic mass is 9.85. The monoisotopic (exact) mass is 296 g/mol. The Kier molecular flexibility index (Phi) is 5.30. The van der Waals surface area contributed by atoms with Crippen LogP contribution in [0.2, 0.25) is 0 Å². The summed E-state index contributed by atoms with van der Waals surface area (Å²) in [4.78, 5) is 12.2. The van der Waals surface area contributed by atoms with E-state index < -0.39 is 5.97 Å². The second-order valence-electron chi connectivity index (χ2n) is 5.12. The minimum Gasteiger partial charge on any atom is -0.507 e. The van der Waals surface area contributed by atoms with Crippen molar-refractivity contribution in [2.24, 2.45) is 0 Å². The molecule has 110 valence electrons. The van der Waals surface area contributed by atoms with Gasteiger partial charge in [-0.05, 0) is 62.1 Å². The molecule has 1 aliphatic rings. The van der Waals surface area contributed by atoms with Crippen molar-refractivity contribution in [3.05, 3.63) is 28.3 Å². The van der Waals surface area contributed by atoms with Crippen LogP contribution in [0.4, 0.5) is 0 Å². The van der Waals surface area contributed by atoms with Gasteiger partial charge in [-0.2, -0.15) is 0 Å². The molecular formula is C16H21ClO3. The summed E-state index contributed by atoms with van der Waals surface area (Å²) in [5, 5.41) is 10.4. The zero-order valence-electron chi connectivity index (χ0n) is 11.9. The fourth-order valence-electron chi connectivity index (χ4n) is 2.83. The van der Waals surface area contributed by atoms with Crippen molar-refractivity contribution in [2.45, 2.75) is 45.4 Å². The SMILES string of the molecule is CCOC(=O)c1c(O)c(CCCCl)cc2c1CCCC2. The number of ether oxygens (including phenoxy) is 1. The van der Waals surface area contributed by atoms with Crippen LogP contribution >= 0.6 is 11.6 Å². The first-order chi connectivity index (χ1) is 9.69. The number of benzene rings is 1. The Labute approximate surface area is 124 Å².